The quantitative estimate of drug-likeness (QED) is 0.788. The van der Waals surface area contributed by atoms with Crippen LogP contribution in [0.15, 0.2) is 24.3 Å². The third kappa shape index (κ3) is 4.48. The van der Waals surface area contributed by atoms with Crippen LogP contribution in [0.2, 0.25) is 0 Å². The number of anilines is 1. The second kappa shape index (κ2) is 8.44. The molecule has 2 aliphatic rings. The van der Waals surface area contributed by atoms with Gasteiger partial charge < -0.3 is 5.32 Å². The highest BCUT2D eigenvalue weighted by molar-refractivity contribution is 7.88. The van der Waals surface area contributed by atoms with Crippen molar-refractivity contribution in [3.63, 3.8) is 0 Å². The van der Waals surface area contributed by atoms with Crippen LogP contribution in [0.25, 0.3) is 0 Å². The number of aryl methyl sites for hydroxylation is 1. The van der Waals surface area contributed by atoms with Crippen LogP contribution in [0.4, 0.5) is 5.69 Å². The van der Waals surface area contributed by atoms with Crippen LogP contribution in [-0.2, 0) is 26.0 Å². The van der Waals surface area contributed by atoms with Gasteiger partial charge in [0.05, 0.1) is 12.8 Å². The predicted molar refractivity (Wildman–Crippen MR) is 113 cm³/mol. The second-order valence-corrected chi connectivity index (χ2v) is 10.3. The van der Waals surface area contributed by atoms with Gasteiger partial charge in [-0.25, -0.2) is 8.42 Å². The molecule has 0 radical (unpaired) electrons. The summed E-state index contributed by atoms with van der Waals surface area (Å²) in [7, 11) is -3.61. The van der Waals surface area contributed by atoms with Gasteiger partial charge in [-0.15, -0.1) is 0 Å². The molecule has 1 unspecified atom stereocenters. The van der Waals surface area contributed by atoms with Gasteiger partial charge in [0.25, 0.3) is 0 Å². The molecule has 1 aromatic rings. The molecule has 0 aromatic heterocycles. The highest BCUT2D eigenvalue weighted by Gasteiger charge is 2.51. The summed E-state index contributed by atoms with van der Waals surface area (Å²) in [4.78, 5) is 28.2. The molecule has 0 spiro atoms. The van der Waals surface area contributed by atoms with Gasteiger partial charge in [-0.2, -0.15) is 4.31 Å². The molecule has 1 N–H and O–H groups in total. The van der Waals surface area contributed by atoms with E-state index >= 15 is 0 Å². The first-order valence-electron chi connectivity index (χ1n) is 10.3. The van der Waals surface area contributed by atoms with Crippen molar-refractivity contribution < 1.29 is 18.0 Å². The number of carbonyl (C=O) groups is 2. The second-order valence-electron chi connectivity index (χ2n) is 8.32. The molecule has 1 saturated carbocycles. The minimum Gasteiger partial charge on any atom is -0.351 e. The monoisotopic (exact) mass is 421 g/mol. The zero-order chi connectivity index (χ0) is 21.2. The first-order valence-corrected chi connectivity index (χ1v) is 12.2. The summed E-state index contributed by atoms with van der Waals surface area (Å²) >= 11 is 0. The number of sulfonamides is 1. The highest BCUT2D eigenvalue weighted by Crippen LogP contribution is 2.33. The van der Waals surface area contributed by atoms with E-state index in [-0.39, 0.29) is 30.9 Å². The standard InChI is InChI=1S/C21H31N3O4S/c1-4-16-10-8-9-13-18(16)24-19(25)14-23(29(3,27)28)15-21(24,2)20(26)22-17-11-6-5-7-12-17/h8-10,13,17H,4-7,11-12,14-15H2,1-3H3,(H,22,26). The number of carbonyl (C=O) groups excluding carboxylic acids is 2. The Labute approximate surface area is 173 Å². The van der Waals surface area contributed by atoms with Gasteiger partial charge in [0.2, 0.25) is 21.8 Å². The molecule has 1 aromatic carbocycles. The van der Waals surface area contributed by atoms with Gasteiger partial charge in [0.15, 0.2) is 0 Å². The number of piperazine rings is 1. The zero-order valence-corrected chi connectivity index (χ0v) is 18.3. The summed E-state index contributed by atoms with van der Waals surface area (Å²) in [5.41, 5.74) is 0.306. The molecule has 29 heavy (non-hydrogen) atoms. The minimum absolute atomic E-state index is 0.0613. The van der Waals surface area contributed by atoms with Gasteiger partial charge in [0.1, 0.15) is 5.54 Å². The molecule has 0 bridgehead atoms. The Kier molecular flexibility index (Phi) is 6.33. The summed E-state index contributed by atoms with van der Waals surface area (Å²) in [6.45, 7) is 3.35. The van der Waals surface area contributed by atoms with E-state index in [4.69, 9.17) is 0 Å². The predicted octanol–water partition coefficient (Wildman–Crippen LogP) is 2.06. The molecule has 2 fully saturated rings. The molecular weight excluding hydrogens is 390 g/mol. The van der Waals surface area contributed by atoms with Crippen molar-refractivity contribution in [1.82, 2.24) is 9.62 Å². The van der Waals surface area contributed by atoms with E-state index in [9.17, 15) is 18.0 Å². The van der Waals surface area contributed by atoms with Crippen molar-refractivity contribution in [2.45, 2.75) is 64.0 Å². The van der Waals surface area contributed by atoms with E-state index in [0.29, 0.717) is 12.1 Å². The van der Waals surface area contributed by atoms with Gasteiger partial charge in [-0.05, 0) is 37.8 Å². The Hall–Kier alpha value is -1.93. The summed E-state index contributed by atoms with van der Waals surface area (Å²) in [5, 5.41) is 3.10. The van der Waals surface area contributed by atoms with Crippen LogP contribution in [0.3, 0.4) is 0 Å². The molecule has 1 heterocycles. The van der Waals surface area contributed by atoms with Crippen LogP contribution in [0.1, 0.15) is 51.5 Å². The molecule has 1 saturated heterocycles. The Morgan fingerprint density at radius 3 is 2.48 bits per heavy atom. The molecule has 1 aliphatic carbocycles. The van der Waals surface area contributed by atoms with Gasteiger partial charge in [0, 0.05) is 18.3 Å². The maximum absolute atomic E-state index is 13.5. The maximum atomic E-state index is 13.5. The molecule has 7 nitrogen and oxygen atoms in total. The highest BCUT2D eigenvalue weighted by atomic mass is 32.2. The molecule has 8 heteroatoms. The molecule has 2 amide bonds. The average molecular weight is 422 g/mol. The average Bonchev–Trinajstić information content (AvgIpc) is 2.68. The van der Waals surface area contributed by atoms with Crippen LogP contribution in [0, 0.1) is 0 Å². The van der Waals surface area contributed by atoms with Crippen molar-refractivity contribution in [3.8, 4) is 0 Å². The largest absolute Gasteiger partial charge is 0.351 e. The fraction of sp³-hybridized carbons (Fsp3) is 0.619. The van der Waals surface area contributed by atoms with Crippen LogP contribution < -0.4 is 10.2 Å². The lowest BCUT2D eigenvalue weighted by Gasteiger charge is -2.47. The van der Waals surface area contributed by atoms with Crippen LogP contribution >= 0.6 is 0 Å². The molecule has 160 valence electrons. The number of amides is 2. The maximum Gasteiger partial charge on any atom is 0.247 e. The number of hydrogen-bond acceptors (Lipinski definition) is 4. The minimum atomic E-state index is -3.61. The SMILES string of the molecule is CCc1ccccc1N1C(=O)CN(S(C)(=O)=O)CC1(C)C(=O)NC1CCCCC1. The normalized spacial score (nSPS) is 24.5. The van der Waals surface area contributed by atoms with Crippen LogP contribution in [0.5, 0.6) is 0 Å². The summed E-state index contributed by atoms with van der Waals surface area (Å²) in [6, 6.07) is 7.58. The number of rotatable bonds is 5. The first kappa shape index (κ1) is 21.8. The van der Waals surface area contributed by atoms with Crippen molar-refractivity contribution in [3.05, 3.63) is 29.8 Å². The third-order valence-corrected chi connectivity index (χ3v) is 7.25. The van der Waals surface area contributed by atoms with E-state index < -0.39 is 15.6 Å². The fourth-order valence-electron chi connectivity index (χ4n) is 4.39. The number of benzene rings is 1. The Balaban J connectivity index is 2.01. The van der Waals surface area contributed by atoms with Gasteiger partial charge in [-0.3, -0.25) is 14.5 Å². The first-order chi connectivity index (χ1) is 13.7. The molecule has 3 rings (SSSR count). The van der Waals surface area contributed by atoms with Crippen molar-refractivity contribution >= 4 is 27.5 Å². The number of para-hydroxylation sites is 1. The van der Waals surface area contributed by atoms with Crippen molar-refractivity contribution in [2.75, 3.05) is 24.2 Å². The number of nitrogens with one attached hydrogen (secondary N) is 1. The Morgan fingerprint density at radius 2 is 1.86 bits per heavy atom. The van der Waals surface area contributed by atoms with Crippen molar-refractivity contribution in [2.24, 2.45) is 0 Å². The lowest BCUT2D eigenvalue weighted by molar-refractivity contribution is -0.133. The smallest absolute Gasteiger partial charge is 0.247 e. The van der Waals surface area contributed by atoms with E-state index in [1.165, 1.54) is 11.3 Å². The van der Waals surface area contributed by atoms with Gasteiger partial charge in [-0.1, -0.05) is 44.4 Å². The summed E-state index contributed by atoms with van der Waals surface area (Å²) in [5.74, 6) is -0.680. The van der Waals surface area contributed by atoms with E-state index in [1.54, 1.807) is 6.92 Å². The van der Waals surface area contributed by atoms with E-state index in [2.05, 4.69) is 5.32 Å². The molecule has 1 atom stereocenters. The summed E-state index contributed by atoms with van der Waals surface area (Å²) < 4.78 is 25.6. The Morgan fingerprint density at radius 1 is 1.21 bits per heavy atom. The number of hydrogen-bond donors (Lipinski definition) is 1. The zero-order valence-electron chi connectivity index (χ0n) is 17.5. The van der Waals surface area contributed by atoms with Gasteiger partial charge >= 0.3 is 0 Å². The van der Waals surface area contributed by atoms with E-state index in [0.717, 1.165) is 41.8 Å². The third-order valence-electron chi connectivity index (χ3n) is 6.05. The topological polar surface area (TPSA) is 86.8 Å². The van der Waals surface area contributed by atoms with E-state index in [1.807, 2.05) is 31.2 Å². The lowest BCUT2D eigenvalue weighted by atomic mass is 9.90. The molecule has 1 aliphatic heterocycles. The lowest BCUT2D eigenvalue weighted by Crippen LogP contribution is -2.70. The van der Waals surface area contributed by atoms with Crippen molar-refractivity contribution in [1.29, 1.82) is 0 Å². The fourth-order valence-corrected chi connectivity index (χ4v) is 5.22. The molecular formula is C21H31N3O4S. The van der Waals surface area contributed by atoms with Crippen LogP contribution in [-0.4, -0.2) is 55.5 Å². The number of nitrogens with zero attached hydrogens (tertiary/aromatic N) is 2. The summed E-state index contributed by atoms with van der Waals surface area (Å²) in [6.07, 6.45) is 6.91. The Bertz CT molecular complexity index is 880.